The molecule has 0 unspecified atom stereocenters. The summed E-state index contributed by atoms with van der Waals surface area (Å²) in [7, 11) is 0. The molecule has 0 saturated heterocycles. The van der Waals surface area contributed by atoms with Crippen LogP contribution in [0.3, 0.4) is 0 Å². The number of carboxylic acids is 1. The van der Waals surface area contributed by atoms with Crippen LogP contribution < -0.4 is 5.32 Å². The van der Waals surface area contributed by atoms with Crippen LogP contribution in [-0.2, 0) is 11.0 Å². The fourth-order valence-electron chi connectivity index (χ4n) is 1.01. The van der Waals surface area contributed by atoms with Crippen LogP contribution in [0.5, 0.6) is 0 Å². The van der Waals surface area contributed by atoms with Crippen molar-refractivity contribution in [1.29, 1.82) is 0 Å². The summed E-state index contributed by atoms with van der Waals surface area (Å²) in [6.45, 7) is 0.375. The maximum atomic E-state index is 12.1. The van der Waals surface area contributed by atoms with Gasteiger partial charge in [-0.1, -0.05) is 0 Å². The van der Waals surface area contributed by atoms with Crippen molar-refractivity contribution in [3.63, 3.8) is 0 Å². The Balaban J connectivity index is 2.28. The topological polar surface area (TPSA) is 75.1 Å². The van der Waals surface area contributed by atoms with Crippen LogP contribution in [0.4, 0.5) is 18.3 Å². The van der Waals surface area contributed by atoms with Crippen LogP contribution in [0.25, 0.3) is 0 Å². The van der Waals surface area contributed by atoms with Crippen molar-refractivity contribution >= 4 is 22.6 Å². The number of nitrogens with one attached hydrogen (secondary N) is 1. The summed E-state index contributed by atoms with van der Waals surface area (Å²) in [5, 5.41) is 11.1. The number of aromatic nitrogens is 2. The van der Waals surface area contributed by atoms with Crippen molar-refractivity contribution in [3.05, 3.63) is 5.82 Å². The Labute approximate surface area is 98.8 Å². The summed E-state index contributed by atoms with van der Waals surface area (Å²) in [6.07, 6.45) is -3.47. The molecule has 0 aliphatic heterocycles. The molecule has 1 rings (SSSR count). The van der Waals surface area contributed by atoms with E-state index in [1.54, 1.807) is 0 Å². The molecule has 1 heterocycles. The van der Waals surface area contributed by atoms with Gasteiger partial charge in [0.15, 0.2) is 0 Å². The Morgan fingerprint density at radius 3 is 2.65 bits per heavy atom. The van der Waals surface area contributed by atoms with Crippen molar-refractivity contribution in [1.82, 2.24) is 9.36 Å². The molecular weight excluding hydrogens is 259 g/mol. The van der Waals surface area contributed by atoms with Crippen LogP contribution in [-0.4, -0.2) is 27.0 Å². The van der Waals surface area contributed by atoms with Crippen molar-refractivity contribution in [2.45, 2.75) is 25.4 Å². The molecule has 96 valence electrons. The van der Waals surface area contributed by atoms with Crippen LogP contribution in [0.15, 0.2) is 0 Å². The van der Waals surface area contributed by atoms with E-state index in [1.807, 2.05) is 0 Å². The second kappa shape index (κ2) is 5.80. The number of anilines is 1. The predicted octanol–water partition coefficient (Wildman–Crippen LogP) is 2.22. The van der Waals surface area contributed by atoms with E-state index >= 15 is 0 Å². The molecule has 0 amide bonds. The molecule has 1 aromatic heterocycles. The second-order valence-corrected chi connectivity index (χ2v) is 3.95. The summed E-state index contributed by atoms with van der Waals surface area (Å²) in [4.78, 5) is 13.4. The molecule has 2 N–H and O–H groups in total. The van der Waals surface area contributed by atoms with Gasteiger partial charge in [-0.15, -0.1) is 0 Å². The van der Waals surface area contributed by atoms with E-state index in [0.29, 0.717) is 30.9 Å². The van der Waals surface area contributed by atoms with Crippen molar-refractivity contribution in [2.24, 2.45) is 0 Å². The Kier molecular flexibility index (Phi) is 4.67. The molecule has 0 aliphatic rings. The number of alkyl halides is 3. The Hall–Kier alpha value is -1.38. The molecule has 0 spiro atoms. The van der Waals surface area contributed by atoms with Crippen molar-refractivity contribution < 1.29 is 23.1 Å². The Morgan fingerprint density at radius 1 is 1.41 bits per heavy atom. The van der Waals surface area contributed by atoms with Gasteiger partial charge in [-0.25, -0.2) is 0 Å². The molecule has 0 aromatic carbocycles. The Morgan fingerprint density at radius 2 is 2.12 bits per heavy atom. The number of hydrogen-bond acceptors (Lipinski definition) is 5. The lowest BCUT2D eigenvalue weighted by atomic mass is 10.2. The number of rotatable bonds is 6. The lowest BCUT2D eigenvalue weighted by Crippen LogP contribution is -2.08. The number of aliphatic carboxylic acids is 1. The Bertz CT molecular complexity index is 380. The fraction of sp³-hybridized carbons (Fsp3) is 0.625. The van der Waals surface area contributed by atoms with E-state index in [-0.39, 0.29) is 11.6 Å². The highest BCUT2D eigenvalue weighted by Gasteiger charge is 2.35. The largest absolute Gasteiger partial charge is 0.481 e. The normalized spacial score (nSPS) is 11.5. The van der Waals surface area contributed by atoms with Gasteiger partial charge in [-0.2, -0.15) is 22.5 Å². The smallest absolute Gasteiger partial charge is 0.452 e. The van der Waals surface area contributed by atoms with Crippen molar-refractivity contribution in [3.8, 4) is 0 Å². The van der Waals surface area contributed by atoms with Crippen LogP contribution in [0.2, 0.25) is 0 Å². The van der Waals surface area contributed by atoms with Gasteiger partial charge in [0, 0.05) is 24.5 Å². The monoisotopic (exact) mass is 269 g/mol. The van der Waals surface area contributed by atoms with Gasteiger partial charge >= 0.3 is 12.1 Å². The van der Waals surface area contributed by atoms with Crippen molar-refractivity contribution in [2.75, 3.05) is 11.9 Å². The summed E-state index contributed by atoms with van der Waals surface area (Å²) >= 11 is 0.632. The number of nitrogens with zero attached hydrogens (tertiary/aromatic N) is 2. The minimum Gasteiger partial charge on any atom is -0.481 e. The highest BCUT2D eigenvalue weighted by atomic mass is 32.1. The molecule has 0 aliphatic carbocycles. The van der Waals surface area contributed by atoms with Gasteiger partial charge in [0.2, 0.25) is 11.0 Å². The maximum absolute atomic E-state index is 12.1. The molecule has 0 atom stereocenters. The minimum absolute atomic E-state index is 0.0472. The lowest BCUT2D eigenvalue weighted by molar-refractivity contribution is -0.144. The average molecular weight is 269 g/mol. The highest BCUT2D eigenvalue weighted by molar-refractivity contribution is 7.09. The molecule has 5 nitrogen and oxygen atoms in total. The molecular formula is C8H10F3N3O2S. The molecule has 0 saturated carbocycles. The third-order valence-corrected chi connectivity index (χ3v) is 2.45. The predicted molar refractivity (Wildman–Crippen MR) is 54.9 cm³/mol. The van der Waals surface area contributed by atoms with Gasteiger partial charge in [0.1, 0.15) is 0 Å². The summed E-state index contributed by atoms with van der Waals surface area (Å²) in [5.41, 5.74) is 0. The number of halogens is 3. The molecule has 17 heavy (non-hydrogen) atoms. The highest BCUT2D eigenvalue weighted by Crippen LogP contribution is 2.28. The molecule has 0 fully saturated rings. The van der Waals surface area contributed by atoms with Crippen LogP contribution >= 0.6 is 11.5 Å². The molecule has 0 radical (unpaired) electrons. The summed E-state index contributed by atoms with van der Waals surface area (Å²) in [5.74, 6) is -2.05. The third kappa shape index (κ3) is 4.98. The quantitative estimate of drug-likeness (QED) is 0.774. The number of carbonyl (C=O) groups is 1. The van der Waals surface area contributed by atoms with Gasteiger partial charge < -0.3 is 10.4 Å². The van der Waals surface area contributed by atoms with E-state index in [9.17, 15) is 18.0 Å². The average Bonchev–Trinajstić information content (AvgIpc) is 2.64. The van der Waals surface area contributed by atoms with Gasteiger partial charge in [-0.3, -0.25) is 4.79 Å². The minimum atomic E-state index is -4.53. The zero-order valence-corrected chi connectivity index (χ0v) is 9.44. The van der Waals surface area contributed by atoms with Crippen LogP contribution in [0, 0.1) is 0 Å². The molecule has 1 aromatic rings. The summed E-state index contributed by atoms with van der Waals surface area (Å²) < 4.78 is 39.5. The van der Waals surface area contributed by atoms with E-state index in [2.05, 4.69) is 14.7 Å². The van der Waals surface area contributed by atoms with E-state index in [1.165, 1.54) is 0 Å². The molecule has 0 bridgehead atoms. The first-order valence-electron chi connectivity index (χ1n) is 4.76. The standard InChI is InChI=1S/C8H10F3N3O2S/c9-8(10,11)6-13-7(17-14-6)12-4-2-1-3-5(15)16/h1-4H2,(H,15,16)(H,12,13,14). The maximum Gasteiger partial charge on any atom is 0.452 e. The number of carboxylic acid groups (broad SMARTS) is 1. The van der Waals surface area contributed by atoms with E-state index < -0.39 is 18.0 Å². The molecule has 9 heteroatoms. The zero-order valence-electron chi connectivity index (χ0n) is 8.62. The zero-order chi connectivity index (χ0) is 12.9. The lowest BCUT2D eigenvalue weighted by Gasteiger charge is -2.01. The van der Waals surface area contributed by atoms with E-state index in [4.69, 9.17) is 5.11 Å². The SMILES string of the molecule is O=C(O)CCCCNc1nc(C(F)(F)F)ns1. The van der Waals surface area contributed by atoms with Gasteiger partial charge in [-0.05, 0) is 12.8 Å². The number of hydrogen-bond donors (Lipinski definition) is 2. The fourth-order valence-corrected chi connectivity index (χ4v) is 1.62. The summed E-state index contributed by atoms with van der Waals surface area (Å²) in [6, 6.07) is 0. The van der Waals surface area contributed by atoms with Gasteiger partial charge in [0.25, 0.3) is 0 Å². The van der Waals surface area contributed by atoms with E-state index in [0.717, 1.165) is 0 Å². The van der Waals surface area contributed by atoms with Gasteiger partial charge in [0.05, 0.1) is 0 Å². The van der Waals surface area contributed by atoms with Crippen LogP contribution in [0.1, 0.15) is 25.1 Å². The first kappa shape index (κ1) is 13.7. The third-order valence-electron chi connectivity index (χ3n) is 1.77. The number of unbranched alkanes of at least 4 members (excludes halogenated alkanes) is 1. The second-order valence-electron chi connectivity index (χ2n) is 3.20. The first-order chi connectivity index (χ1) is 7.89. The first-order valence-corrected chi connectivity index (χ1v) is 5.53.